The summed E-state index contributed by atoms with van der Waals surface area (Å²) < 4.78 is 21.0. The second kappa shape index (κ2) is 6.32. The van der Waals surface area contributed by atoms with Crippen molar-refractivity contribution in [2.45, 2.75) is 50.2 Å². The van der Waals surface area contributed by atoms with Crippen LogP contribution >= 0.6 is 11.3 Å². The number of halogens is 1. The molecule has 1 unspecified atom stereocenters. The highest BCUT2D eigenvalue weighted by atomic mass is 32.1. The number of hydrogen-bond acceptors (Lipinski definition) is 5. The molecule has 7 heteroatoms. The summed E-state index contributed by atoms with van der Waals surface area (Å²) in [4.78, 5) is 5.47. The van der Waals surface area contributed by atoms with Gasteiger partial charge in [-0.05, 0) is 49.9 Å². The molecule has 2 fully saturated rings. The average molecular weight is 372 g/mol. The molecule has 5 nitrogen and oxygen atoms in total. The summed E-state index contributed by atoms with van der Waals surface area (Å²) in [6.45, 7) is 0.828. The number of aromatic nitrogens is 3. The SMILES string of the molecule is Fc1ccc(-c2cn3nc(NC4CCOC5(CCCC5)C4)sc3n2)cc1. The predicted octanol–water partition coefficient (Wildman–Crippen LogP) is 4.50. The second-order valence-electron chi connectivity index (χ2n) is 7.34. The van der Waals surface area contributed by atoms with Crippen molar-refractivity contribution in [2.75, 3.05) is 11.9 Å². The average Bonchev–Trinajstić information content (AvgIpc) is 3.31. The van der Waals surface area contributed by atoms with Gasteiger partial charge < -0.3 is 10.1 Å². The Kier molecular flexibility index (Phi) is 3.94. The van der Waals surface area contributed by atoms with E-state index in [1.807, 2.05) is 6.20 Å². The molecule has 1 N–H and O–H groups in total. The highest BCUT2D eigenvalue weighted by Gasteiger charge is 2.40. The van der Waals surface area contributed by atoms with E-state index in [1.54, 1.807) is 28.0 Å². The fraction of sp³-hybridized carbons (Fsp3) is 0.474. The third-order valence-corrected chi connectivity index (χ3v) is 6.37. The molecule has 2 aromatic heterocycles. The quantitative estimate of drug-likeness (QED) is 0.735. The van der Waals surface area contributed by atoms with Crippen LogP contribution in [-0.4, -0.2) is 32.8 Å². The first-order valence-corrected chi connectivity index (χ1v) is 10.0. The molecule has 1 saturated carbocycles. The van der Waals surface area contributed by atoms with Crippen molar-refractivity contribution in [1.82, 2.24) is 14.6 Å². The van der Waals surface area contributed by atoms with Gasteiger partial charge in [0.2, 0.25) is 10.1 Å². The van der Waals surface area contributed by atoms with E-state index < -0.39 is 0 Å². The molecule has 2 aliphatic rings. The van der Waals surface area contributed by atoms with E-state index in [0.717, 1.165) is 40.8 Å². The summed E-state index contributed by atoms with van der Waals surface area (Å²) in [5.74, 6) is -0.240. The molecule has 1 spiro atoms. The number of nitrogens with one attached hydrogen (secondary N) is 1. The number of nitrogens with zero attached hydrogens (tertiary/aromatic N) is 3. The maximum Gasteiger partial charge on any atom is 0.214 e. The van der Waals surface area contributed by atoms with E-state index in [-0.39, 0.29) is 11.4 Å². The Morgan fingerprint density at radius 3 is 2.81 bits per heavy atom. The minimum atomic E-state index is -0.240. The van der Waals surface area contributed by atoms with Crippen molar-refractivity contribution in [2.24, 2.45) is 0 Å². The zero-order valence-electron chi connectivity index (χ0n) is 14.4. The molecule has 1 aliphatic heterocycles. The van der Waals surface area contributed by atoms with Crippen LogP contribution in [0.15, 0.2) is 30.5 Å². The monoisotopic (exact) mass is 372 g/mol. The Balaban J connectivity index is 1.32. The van der Waals surface area contributed by atoms with Gasteiger partial charge in [-0.3, -0.25) is 0 Å². The maximum absolute atomic E-state index is 13.1. The van der Waals surface area contributed by atoms with Crippen LogP contribution in [0, 0.1) is 5.82 Å². The summed E-state index contributed by atoms with van der Waals surface area (Å²) >= 11 is 1.56. The fourth-order valence-electron chi connectivity index (χ4n) is 4.21. The van der Waals surface area contributed by atoms with Crippen molar-refractivity contribution >= 4 is 21.4 Å². The van der Waals surface area contributed by atoms with Crippen molar-refractivity contribution in [3.63, 3.8) is 0 Å². The van der Waals surface area contributed by atoms with Crippen molar-refractivity contribution in [3.8, 4) is 11.3 Å². The standard InChI is InChI=1S/C19H21FN4OS/c20-14-5-3-13(4-6-14)16-12-24-18(22-16)26-17(23-24)21-15-7-10-25-19(11-15)8-1-2-9-19/h3-6,12,15H,1-2,7-11H2,(H,21,23). The lowest BCUT2D eigenvalue weighted by Crippen LogP contribution is -2.42. The van der Waals surface area contributed by atoms with Gasteiger partial charge in [0.1, 0.15) is 5.82 Å². The molecule has 0 bridgehead atoms. The zero-order chi connectivity index (χ0) is 17.6. The smallest absolute Gasteiger partial charge is 0.214 e. The highest BCUT2D eigenvalue weighted by Crippen LogP contribution is 2.40. The molecule has 0 radical (unpaired) electrons. The predicted molar refractivity (Wildman–Crippen MR) is 100 cm³/mol. The second-order valence-corrected chi connectivity index (χ2v) is 8.30. The largest absolute Gasteiger partial charge is 0.375 e. The van der Waals surface area contributed by atoms with E-state index in [0.29, 0.717) is 6.04 Å². The van der Waals surface area contributed by atoms with Gasteiger partial charge in [0.25, 0.3) is 0 Å². The Hall–Kier alpha value is -1.99. The van der Waals surface area contributed by atoms with E-state index >= 15 is 0 Å². The van der Waals surface area contributed by atoms with Crippen molar-refractivity contribution in [1.29, 1.82) is 0 Å². The molecular weight excluding hydrogens is 351 g/mol. The third kappa shape index (κ3) is 2.99. The summed E-state index contributed by atoms with van der Waals surface area (Å²) in [6.07, 6.45) is 8.92. The number of rotatable bonds is 3. The van der Waals surface area contributed by atoms with Crippen LogP contribution in [0.2, 0.25) is 0 Å². The summed E-state index contributed by atoms with van der Waals surface area (Å²) in [5.41, 5.74) is 1.81. The number of anilines is 1. The third-order valence-electron chi connectivity index (χ3n) is 5.52. The molecule has 1 saturated heterocycles. The van der Waals surface area contributed by atoms with E-state index in [9.17, 15) is 4.39 Å². The van der Waals surface area contributed by atoms with E-state index in [1.165, 1.54) is 37.8 Å². The van der Waals surface area contributed by atoms with Gasteiger partial charge in [0.15, 0.2) is 0 Å². The molecule has 3 aromatic rings. The van der Waals surface area contributed by atoms with Gasteiger partial charge in [0, 0.05) is 18.2 Å². The minimum Gasteiger partial charge on any atom is -0.375 e. The van der Waals surface area contributed by atoms with Gasteiger partial charge in [0.05, 0.1) is 17.5 Å². The van der Waals surface area contributed by atoms with Crippen LogP contribution < -0.4 is 5.32 Å². The Morgan fingerprint density at radius 2 is 2.04 bits per heavy atom. The lowest BCUT2D eigenvalue weighted by atomic mass is 9.89. The summed E-state index contributed by atoms with van der Waals surface area (Å²) in [7, 11) is 0. The highest BCUT2D eigenvalue weighted by molar-refractivity contribution is 7.20. The van der Waals surface area contributed by atoms with Crippen LogP contribution in [0.1, 0.15) is 38.5 Å². The first-order valence-electron chi connectivity index (χ1n) is 9.22. The number of hydrogen-bond donors (Lipinski definition) is 1. The lowest BCUT2D eigenvalue weighted by molar-refractivity contribution is -0.0767. The summed E-state index contributed by atoms with van der Waals surface area (Å²) in [5, 5.41) is 9.12. The zero-order valence-corrected chi connectivity index (χ0v) is 15.3. The van der Waals surface area contributed by atoms with Crippen LogP contribution in [0.25, 0.3) is 16.2 Å². The molecule has 5 rings (SSSR count). The number of ether oxygens (including phenoxy) is 1. The Morgan fingerprint density at radius 1 is 1.23 bits per heavy atom. The molecule has 0 amide bonds. The molecule has 1 atom stereocenters. The van der Waals surface area contributed by atoms with Gasteiger partial charge >= 0.3 is 0 Å². The maximum atomic E-state index is 13.1. The van der Waals surface area contributed by atoms with Crippen LogP contribution in [-0.2, 0) is 4.74 Å². The van der Waals surface area contributed by atoms with Gasteiger partial charge in [-0.15, -0.1) is 5.10 Å². The normalized spacial score (nSPS) is 22.3. The van der Waals surface area contributed by atoms with Gasteiger partial charge in [-0.1, -0.05) is 24.2 Å². The summed E-state index contributed by atoms with van der Waals surface area (Å²) in [6, 6.07) is 6.79. The van der Waals surface area contributed by atoms with Crippen LogP contribution in [0.3, 0.4) is 0 Å². The van der Waals surface area contributed by atoms with Gasteiger partial charge in [-0.2, -0.15) is 0 Å². The molecule has 1 aliphatic carbocycles. The first-order chi connectivity index (χ1) is 12.7. The van der Waals surface area contributed by atoms with Crippen LogP contribution in [0.5, 0.6) is 0 Å². The van der Waals surface area contributed by atoms with Crippen molar-refractivity contribution < 1.29 is 9.13 Å². The number of benzene rings is 1. The van der Waals surface area contributed by atoms with Crippen LogP contribution in [0.4, 0.5) is 9.52 Å². The molecule has 26 heavy (non-hydrogen) atoms. The molecule has 136 valence electrons. The van der Waals surface area contributed by atoms with Gasteiger partial charge in [-0.25, -0.2) is 13.9 Å². The molecule has 3 heterocycles. The Labute approximate surface area is 155 Å². The van der Waals surface area contributed by atoms with E-state index in [4.69, 9.17) is 4.74 Å². The topological polar surface area (TPSA) is 51.5 Å². The fourth-order valence-corrected chi connectivity index (χ4v) is 5.07. The Bertz CT molecular complexity index is 882. The number of imidazole rings is 1. The number of fused-ring (bicyclic) bond motifs is 1. The van der Waals surface area contributed by atoms with E-state index in [2.05, 4.69) is 15.4 Å². The van der Waals surface area contributed by atoms with Crippen molar-refractivity contribution in [3.05, 3.63) is 36.3 Å². The molecule has 1 aromatic carbocycles. The molecular formula is C19H21FN4OS. The first kappa shape index (κ1) is 16.2. The lowest BCUT2D eigenvalue weighted by Gasteiger charge is -2.38. The minimum absolute atomic E-state index is 0.100.